The van der Waals surface area contributed by atoms with E-state index in [9.17, 15) is 4.79 Å². The number of hydrogen-bond acceptors (Lipinski definition) is 2. The lowest BCUT2D eigenvalue weighted by molar-refractivity contribution is -0.115. The topological polar surface area (TPSA) is 46.4 Å². The summed E-state index contributed by atoms with van der Waals surface area (Å²) < 4.78 is 1.95. The van der Waals surface area contributed by atoms with Crippen molar-refractivity contribution < 1.29 is 4.79 Å². The van der Waals surface area contributed by atoms with E-state index >= 15 is 0 Å². The van der Waals surface area contributed by atoms with Crippen LogP contribution in [-0.4, -0.2) is 15.3 Å². The van der Waals surface area contributed by atoms with Gasteiger partial charge in [-0.2, -0.15) is 0 Å². The van der Waals surface area contributed by atoms with Crippen LogP contribution < -0.4 is 5.32 Å². The average molecular weight is 293 g/mol. The summed E-state index contributed by atoms with van der Waals surface area (Å²) in [5.41, 5.74) is 5.89. The van der Waals surface area contributed by atoms with Crippen molar-refractivity contribution in [1.29, 1.82) is 0 Å². The maximum atomic E-state index is 12.2. The minimum absolute atomic E-state index is 0.0499. The zero-order chi connectivity index (χ0) is 15.7. The Balaban J connectivity index is 1.76. The Morgan fingerprint density at radius 3 is 2.59 bits per heavy atom. The highest BCUT2D eigenvalue weighted by Gasteiger charge is 2.09. The third kappa shape index (κ3) is 3.01. The van der Waals surface area contributed by atoms with Gasteiger partial charge in [-0.15, -0.1) is 0 Å². The van der Waals surface area contributed by atoms with Crippen LogP contribution in [0.5, 0.6) is 0 Å². The molecule has 0 spiro atoms. The molecule has 0 unspecified atom stereocenters. The highest BCUT2D eigenvalue weighted by molar-refractivity contribution is 5.92. The van der Waals surface area contributed by atoms with Gasteiger partial charge in [-0.3, -0.25) is 4.79 Å². The quantitative estimate of drug-likeness (QED) is 0.804. The van der Waals surface area contributed by atoms with Gasteiger partial charge in [-0.05, 0) is 55.7 Å². The molecule has 0 aliphatic rings. The van der Waals surface area contributed by atoms with Crippen molar-refractivity contribution in [3.8, 4) is 0 Å². The number of pyridine rings is 1. The van der Waals surface area contributed by atoms with Gasteiger partial charge in [0.1, 0.15) is 5.65 Å². The van der Waals surface area contributed by atoms with Gasteiger partial charge in [0.2, 0.25) is 5.91 Å². The van der Waals surface area contributed by atoms with Gasteiger partial charge in [-0.1, -0.05) is 12.1 Å². The number of rotatable bonds is 3. The van der Waals surface area contributed by atoms with E-state index in [1.54, 1.807) is 0 Å². The molecule has 0 bridgehead atoms. The minimum Gasteiger partial charge on any atom is -0.326 e. The third-order valence-corrected chi connectivity index (χ3v) is 3.57. The molecule has 1 amide bonds. The van der Waals surface area contributed by atoms with E-state index in [0.29, 0.717) is 0 Å². The van der Waals surface area contributed by atoms with Gasteiger partial charge in [0.25, 0.3) is 0 Å². The van der Waals surface area contributed by atoms with Gasteiger partial charge in [0.05, 0.1) is 12.1 Å². The van der Waals surface area contributed by atoms with E-state index < -0.39 is 0 Å². The molecular weight excluding hydrogens is 274 g/mol. The minimum atomic E-state index is -0.0499. The number of carbonyl (C=O) groups is 1. The Morgan fingerprint density at radius 1 is 1.18 bits per heavy atom. The summed E-state index contributed by atoms with van der Waals surface area (Å²) >= 11 is 0. The number of nitrogens with zero attached hydrogens (tertiary/aromatic N) is 2. The number of aryl methyl sites for hydroxylation is 3. The Morgan fingerprint density at radius 2 is 1.91 bits per heavy atom. The molecule has 0 fully saturated rings. The predicted molar refractivity (Wildman–Crippen MR) is 88.2 cm³/mol. The van der Waals surface area contributed by atoms with E-state index in [1.165, 1.54) is 0 Å². The largest absolute Gasteiger partial charge is 0.326 e. The molecule has 1 N–H and O–H groups in total. The standard InChI is InChI=1S/C18H19N3O/c1-12-7-13(2)9-15(8-12)19-17(22)10-16-11-21-6-4-5-14(3)18(21)20-16/h4-9,11H,10H2,1-3H3,(H,19,22). The summed E-state index contributed by atoms with van der Waals surface area (Å²) in [5, 5.41) is 2.94. The molecule has 0 aliphatic carbocycles. The summed E-state index contributed by atoms with van der Waals surface area (Å²) in [6.07, 6.45) is 4.12. The van der Waals surface area contributed by atoms with Gasteiger partial charge >= 0.3 is 0 Å². The second-order valence-corrected chi connectivity index (χ2v) is 5.76. The maximum absolute atomic E-state index is 12.2. The first-order valence-electron chi connectivity index (χ1n) is 7.32. The predicted octanol–water partition coefficient (Wildman–Crippen LogP) is 3.44. The van der Waals surface area contributed by atoms with Crippen molar-refractivity contribution in [2.24, 2.45) is 0 Å². The van der Waals surface area contributed by atoms with Crippen molar-refractivity contribution in [3.63, 3.8) is 0 Å². The highest BCUT2D eigenvalue weighted by atomic mass is 16.1. The summed E-state index contributed by atoms with van der Waals surface area (Å²) in [7, 11) is 0. The zero-order valence-electron chi connectivity index (χ0n) is 13.1. The second kappa shape index (κ2) is 5.64. The van der Waals surface area contributed by atoms with Crippen LogP contribution in [0.4, 0.5) is 5.69 Å². The summed E-state index contributed by atoms with van der Waals surface area (Å²) in [6, 6.07) is 10.0. The van der Waals surface area contributed by atoms with Crippen LogP contribution in [-0.2, 0) is 11.2 Å². The van der Waals surface area contributed by atoms with Crippen molar-refractivity contribution in [1.82, 2.24) is 9.38 Å². The third-order valence-electron chi connectivity index (χ3n) is 3.57. The van der Waals surface area contributed by atoms with Crippen LogP contribution in [0.1, 0.15) is 22.4 Å². The van der Waals surface area contributed by atoms with Crippen molar-refractivity contribution in [2.75, 3.05) is 5.32 Å². The lowest BCUT2D eigenvalue weighted by Crippen LogP contribution is -2.14. The van der Waals surface area contributed by atoms with E-state index in [0.717, 1.165) is 33.7 Å². The number of aromatic nitrogens is 2. The maximum Gasteiger partial charge on any atom is 0.230 e. The van der Waals surface area contributed by atoms with Crippen molar-refractivity contribution >= 4 is 17.2 Å². The van der Waals surface area contributed by atoms with E-state index in [1.807, 2.05) is 61.8 Å². The Kier molecular flexibility index (Phi) is 3.67. The molecular formula is C18H19N3O. The molecule has 0 atom stereocenters. The van der Waals surface area contributed by atoms with Gasteiger partial charge < -0.3 is 9.72 Å². The fourth-order valence-electron chi connectivity index (χ4n) is 2.71. The van der Waals surface area contributed by atoms with E-state index in [2.05, 4.69) is 16.4 Å². The lowest BCUT2D eigenvalue weighted by atomic mass is 10.1. The van der Waals surface area contributed by atoms with Crippen LogP contribution in [0, 0.1) is 20.8 Å². The monoisotopic (exact) mass is 293 g/mol. The number of amides is 1. The molecule has 4 heteroatoms. The van der Waals surface area contributed by atoms with Crippen LogP contribution in [0.2, 0.25) is 0 Å². The smallest absolute Gasteiger partial charge is 0.230 e. The van der Waals surface area contributed by atoms with Gasteiger partial charge in [0.15, 0.2) is 0 Å². The molecule has 4 nitrogen and oxygen atoms in total. The zero-order valence-corrected chi connectivity index (χ0v) is 13.1. The number of carbonyl (C=O) groups excluding carboxylic acids is 1. The van der Waals surface area contributed by atoms with Gasteiger partial charge in [0, 0.05) is 18.1 Å². The van der Waals surface area contributed by atoms with Crippen molar-refractivity contribution in [2.45, 2.75) is 27.2 Å². The van der Waals surface area contributed by atoms with Gasteiger partial charge in [-0.25, -0.2) is 4.98 Å². The first kappa shape index (κ1) is 14.3. The fraction of sp³-hybridized carbons (Fsp3) is 0.222. The first-order valence-corrected chi connectivity index (χ1v) is 7.32. The van der Waals surface area contributed by atoms with Crippen LogP contribution in [0.3, 0.4) is 0 Å². The molecule has 0 saturated carbocycles. The molecule has 3 aromatic rings. The number of hydrogen-bond donors (Lipinski definition) is 1. The van der Waals surface area contributed by atoms with E-state index in [-0.39, 0.29) is 12.3 Å². The number of anilines is 1. The van der Waals surface area contributed by atoms with E-state index in [4.69, 9.17) is 0 Å². The number of nitrogens with one attached hydrogen (secondary N) is 1. The number of benzene rings is 1. The summed E-state index contributed by atoms with van der Waals surface area (Å²) in [5.74, 6) is -0.0499. The molecule has 2 heterocycles. The highest BCUT2D eigenvalue weighted by Crippen LogP contribution is 2.15. The molecule has 3 rings (SSSR count). The van der Waals surface area contributed by atoms with Crippen LogP contribution >= 0.6 is 0 Å². The SMILES string of the molecule is Cc1cc(C)cc(NC(=O)Cc2cn3cccc(C)c3n2)c1. The molecule has 22 heavy (non-hydrogen) atoms. The first-order chi connectivity index (χ1) is 10.5. The van der Waals surface area contributed by atoms with Crippen LogP contribution in [0.25, 0.3) is 5.65 Å². The number of fused-ring (bicyclic) bond motifs is 1. The fourth-order valence-corrected chi connectivity index (χ4v) is 2.71. The summed E-state index contributed by atoms with van der Waals surface area (Å²) in [4.78, 5) is 16.7. The molecule has 0 radical (unpaired) electrons. The molecule has 2 aromatic heterocycles. The molecule has 112 valence electrons. The van der Waals surface area contributed by atoms with Crippen LogP contribution in [0.15, 0.2) is 42.7 Å². The molecule has 1 aromatic carbocycles. The second-order valence-electron chi connectivity index (χ2n) is 5.76. The molecule has 0 saturated heterocycles. The Hall–Kier alpha value is -2.62. The molecule has 0 aliphatic heterocycles. The average Bonchev–Trinajstić information content (AvgIpc) is 2.81. The normalized spacial score (nSPS) is 10.9. The Labute approximate surface area is 129 Å². The summed E-state index contributed by atoms with van der Waals surface area (Å²) in [6.45, 7) is 6.06. The van der Waals surface area contributed by atoms with Crippen molar-refractivity contribution in [3.05, 3.63) is 65.1 Å². The number of imidazole rings is 1. The Bertz CT molecular complexity index is 828. The lowest BCUT2D eigenvalue weighted by Gasteiger charge is -2.06.